The Balaban J connectivity index is 1.42. The summed E-state index contributed by atoms with van der Waals surface area (Å²) in [4.78, 5) is 11.7. The molecule has 0 bridgehead atoms. The van der Waals surface area contributed by atoms with Crippen molar-refractivity contribution >= 4 is 23.0 Å². The number of hydrogen-bond donors (Lipinski definition) is 1. The Labute approximate surface area is 135 Å². The lowest BCUT2D eigenvalue weighted by molar-refractivity contribution is -0.116. The summed E-state index contributed by atoms with van der Waals surface area (Å²) in [6.07, 6.45) is 5.05. The van der Waals surface area contributed by atoms with Gasteiger partial charge in [0.25, 0.3) is 0 Å². The number of fused-ring (bicyclic) bond motifs is 1. The van der Waals surface area contributed by atoms with Crippen molar-refractivity contribution in [1.82, 2.24) is 5.32 Å². The van der Waals surface area contributed by atoms with Gasteiger partial charge in [-0.3, -0.25) is 4.79 Å². The van der Waals surface area contributed by atoms with Gasteiger partial charge in [0.15, 0.2) is 0 Å². The lowest BCUT2D eigenvalue weighted by Gasteiger charge is -2.00. The number of nitrogens with one attached hydrogen (secondary N) is 1. The van der Waals surface area contributed by atoms with Crippen molar-refractivity contribution in [2.75, 3.05) is 6.54 Å². The molecule has 0 aliphatic heterocycles. The zero-order valence-electron chi connectivity index (χ0n) is 12.9. The fourth-order valence-electron chi connectivity index (χ4n) is 2.43. The minimum atomic E-state index is -0.0709. The van der Waals surface area contributed by atoms with Gasteiger partial charge in [0.1, 0.15) is 11.3 Å². The highest BCUT2D eigenvalue weighted by atomic mass is 16.3. The van der Waals surface area contributed by atoms with Crippen LogP contribution in [0.3, 0.4) is 0 Å². The molecule has 0 saturated carbocycles. The SMILES string of the molecule is O=C(/C=C/c1ccccc1)NCCCc1cc2ccccc2o1. The molecule has 1 N–H and O–H groups in total. The second-order valence-corrected chi connectivity index (χ2v) is 5.39. The summed E-state index contributed by atoms with van der Waals surface area (Å²) >= 11 is 0. The molecule has 0 atom stereocenters. The van der Waals surface area contributed by atoms with Gasteiger partial charge in [-0.1, -0.05) is 48.5 Å². The van der Waals surface area contributed by atoms with E-state index in [1.807, 2.05) is 60.7 Å². The molecular weight excluding hydrogens is 286 g/mol. The van der Waals surface area contributed by atoms with Crippen LogP contribution in [0.5, 0.6) is 0 Å². The molecule has 116 valence electrons. The first-order valence-corrected chi connectivity index (χ1v) is 7.80. The van der Waals surface area contributed by atoms with Crippen LogP contribution in [-0.4, -0.2) is 12.5 Å². The molecule has 23 heavy (non-hydrogen) atoms. The lowest BCUT2D eigenvalue weighted by Crippen LogP contribution is -2.22. The highest BCUT2D eigenvalue weighted by molar-refractivity contribution is 5.91. The van der Waals surface area contributed by atoms with Gasteiger partial charge in [0.2, 0.25) is 5.91 Å². The van der Waals surface area contributed by atoms with E-state index in [4.69, 9.17) is 4.42 Å². The maximum atomic E-state index is 11.7. The summed E-state index contributed by atoms with van der Waals surface area (Å²) in [6, 6.07) is 19.8. The quantitative estimate of drug-likeness (QED) is 0.548. The highest BCUT2D eigenvalue weighted by Crippen LogP contribution is 2.19. The van der Waals surface area contributed by atoms with Crippen LogP contribution in [0, 0.1) is 0 Å². The van der Waals surface area contributed by atoms with E-state index in [1.54, 1.807) is 6.08 Å². The first-order chi connectivity index (χ1) is 11.3. The van der Waals surface area contributed by atoms with Crippen molar-refractivity contribution in [2.45, 2.75) is 12.8 Å². The minimum Gasteiger partial charge on any atom is -0.461 e. The molecule has 3 rings (SSSR count). The number of furan rings is 1. The van der Waals surface area contributed by atoms with E-state index in [0.29, 0.717) is 6.54 Å². The molecule has 0 aliphatic rings. The monoisotopic (exact) mass is 305 g/mol. The van der Waals surface area contributed by atoms with E-state index < -0.39 is 0 Å². The van der Waals surface area contributed by atoms with Gasteiger partial charge in [0.05, 0.1) is 0 Å². The summed E-state index contributed by atoms with van der Waals surface area (Å²) in [6.45, 7) is 0.634. The molecule has 3 heteroatoms. The standard InChI is InChI=1S/C20H19NO2/c22-20(13-12-16-7-2-1-3-8-16)21-14-6-10-18-15-17-9-4-5-11-19(17)23-18/h1-5,7-9,11-13,15H,6,10,14H2,(H,21,22)/b13-12+. The van der Waals surface area contributed by atoms with E-state index in [2.05, 4.69) is 11.4 Å². The smallest absolute Gasteiger partial charge is 0.243 e. The van der Waals surface area contributed by atoms with Crippen LogP contribution in [0.25, 0.3) is 17.0 Å². The van der Waals surface area contributed by atoms with E-state index in [1.165, 1.54) is 0 Å². The van der Waals surface area contributed by atoms with Crippen LogP contribution in [0.1, 0.15) is 17.7 Å². The lowest BCUT2D eigenvalue weighted by atomic mass is 10.2. The number of rotatable bonds is 6. The fourth-order valence-corrected chi connectivity index (χ4v) is 2.43. The molecule has 0 saturated heterocycles. The van der Waals surface area contributed by atoms with Crippen LogP contribution in [0.2, 0.25) is 0 Å². The average molecular weight is 305 g/mol. The fraction of sp³-hybridized carbons (Fsp3) is 0.150. The third-order valence-corrected chi connectivity index (χ3v) is 3.60. The summed E-state index contributed by atoms with van der Waals surface area (Å²) in [5.74, 6) is 0.888. The van der Waals surface area contributed by atoms with Crippen molar-refractivity contribution < 1.29 is 9.21 Å². The summed E-state index contributed by atoms with van der Waals surface area (Å²) in [5, 5.41) is 4.01. The predicted molar refractivity (Wildman–Crippen MR) is 93.0 cm³/mol. The van der Waals surface area contributed by atoms with Crippen molar-refractivity contribution in [2.24, 2.45) is 0 Å². The Morgan fingerprint density at radius 3 is 2.65 bits per heavy atom. The molecule has 0 spiro atoms. The number of carbonyl (C=O) groups is 1. The maximum Gasteiger partial charge on any atom is 0.243 e. The van der Waals surface area contributed by atoms with Gasteiger partial charge >= 0.3 is 0 Å². The van der Waals surface area contributed by atoms with Gasteiger partial charge in [-0.25, -0.2) is 0 Å². The molecular formula is C20H19NO2. The molecule has 0 aliphatic carbocycles. The Morgan fingerprint density at radius 1 is 1.04 bits per heavy atom. The van der Waals surface area contributed by atoms with Gasteiger partial charge in [0, 0.05) is 24.4 Å². The van der Waals surface area contributed by atoms with E-state index >= 15 is 0 Å². The normalized spacial score (nSPS) is 11.1. The molecule has 0 fully saturated rings. The van der Waals surface area contributed by atoms with Crippen molar-refractivity contribution in [3.8, 4) is 0 Å². The summed E-state index contributed by atoms with van der Waals surface area (Å²) < 4.78 is 5.75. The molecule has 0 unspecified atom stereocenters. The van der Waals surface area contributed by atoms with Crippen molar-refractivity contribution in [1.29, 1.82) is 0 Å². The number of amides is 1. The molecule has 3 nitrogen and oxygen atoms in total. The Hall–Kier alpha value is -2.81. The Bertz CT molecular complexity index is 770. The van der Waals surface area contributed by atoms with Crippen molar-refractivity contribution in [3.63, 3.8) is 0 Å². The molecule has 2 aromatic carbocycles. The van der Waals surface area contributed by atoms with Crippen LogP contribution in [0.15, 0.2) is 71.2 Å². The summed E-state index contributed by atoms with van der Waals surface area (Å²) in [7, 11) is 0. The van der Waals surface area contributed by atoms with Crippen molar-refractivity contribution in [3.05, 3.63) is 78.1 Å². The Kier molecular flexibility index (Phi) is 4.89. The van der Waals surface area contributed by atoms with E-state index in [-0.39, 0.29) is 5.91 Å². The number of hydrogen-bond acceptors (Lipinski definition) is 2. The number of benzene rings is 2. The zero-order chi connectivity index (χ0) is 15.9. The third-order valence-electron chi connectivity index (χ3n) is 3.60. The maximum absolute atomic E-state index is 11.7. The molecule has 1 aromatic heterocycles. The molecule has 1 heterocycles. The first kappa shape index (κ1) is 15.1. The highest BCUT2D eigenvalue weighted by Gasteiger charge is 2.03. The van der Waals surface area contributed by atoms with Crippen LogP contribution in [-0.2, 0) is 11.2 Å². The third kappa shape index (κ3) is 4.33. The first-order valence-electron chi connectivity index (χ1n) is 7.80. The topological polar surface area (TPSA) is 42.2 Å². The number of carbonyl (C=O) groups excluding carboxylic acids is 1. The zero-order valence-corrected chi connectivity index (χ0v) is 12.9. The van der Waals surface area contributed by atoms with Gasteiger partial charge in [-0.2, -0.15) is 0 Å². The van der Waals surface area contributed by atoms with Gasteiger partial charge in [-0.05, 0) is 30.2 Å². The molecule has 0 radical (unpaired) electrons. The van der Waals surface area contributed by atoms with Crippen LogP contribution in [0.4, 0.5) is 0 Å². The van der Waals surface area contributed by atoms with Gasteiger partial charge < -0.3 is 9.73 Å². The van der Waals surface area contributed by atoms with Crippen LogP contribution < -0.4 is 5.32 Å². The van der Waals surface area contributed by atoms with E-state index in [0.717, 1.165) is 35.1 Å². The molecule has 3 aromatic rings. The average Bonchev–Trinajstić information content (AvgIpc) is 3.00. The number of para-hydroxylation sites is 1. The Morgan fingerprint density at radius 2 is 1.83 bits per heavy atom. The van der Waals surface area contributed by atoms with Crippen LogP contribution >= 0.6 is 0 Å². The van der Waals surface area contributed by atoms with Gasteiger partial charge in [-0.15, -0.1) is 0 Å². The second kappa shape index (κ2) is 7.45. The largest absolute Gasteiger partial charge is 0.461 e. The minimum absolute atomic E-state index is 0.0709. The number of aryl methyl sites for hydroxylation is 1. The molecule has 1 amide bonds. The predicted octanol–water partition coefficient (Wildman–Crippen LogP) is 4.20. The summed E-state index contributed by atoms with van der Waals surface area (Å²) in [5.41, 5.74) is 1.93. The van der Waals surface area contributed by atoms with E-state index in [9.17, 15) is 4.79 Å². The second-order valence-electron chi connectivity index (χ2n) is 5.39.